The molecule has 0 bridgehead atoms. The van der Waals surface area contributed by atoms with Crippen LogP contribution in [0.3, 0.4) is 0 Å². The van der Waals surface area contributed by atoms with Gasteiger partial charge in [0.25, 0.3) is 0 Å². The lowest BCUT2D eigenvalue weighted by Gasteiger charge is -2.09. The first kappa shape index (κ1) is 14.2. The van der Waals surface area contributed by atoms with Gasteiger partial charge in [-0.05, 0) is 30.9 Å². The summed E-state index contributed by atoms with van der Waals surface area (Å²) in [5.41, 5.74) is 1.46. The first-order chi connectivity index (χ1) is 10.7. The molecule has 0 atom stereocenters. The van der Waals surface area contributed by atoms with Crippen LogP contribution in [0.1, 0.15) is 12.8 Å². The molecule has 7 heteroatoms. The zero-order valence-electron chi connectivity index (χ0n) is 11.9. The molecule has 1 aliphatic carbocycles. The Morgan fingerprint density at radius 2 is 2.27 bits per heavy atom. The third-order valence-corrected chi connectivity index (χ3v) is 3.25. The van der Waals surface area contributed by atoms with Crippen molar-refractivity contribution >= 4 is 11.9 Å². The number of carbonyl (C=O) groups is 1. The van der Waals surface area contributed by atoms with Gasteiger partial charge in [-0.15, -0.1) is 0 Å². The molecule has 0 amide bonds. The van der Waals surface area contributed by atoms with Crippen LogP contribution in [0.15, 0.2) is 30.6 Å². The second-order valence-corrected chi connectivity index (χ2v) is 5.16. The summed E-state index contributed by atoms with van der Waals surface area (Å²) in [5, 5.41) is 11.9. The lowest BCUT2D eigenvalue weighted by molar-refractivity contribution is -0.139. The zero-order chi connectivity index (χ0) is 15.4. The van der Waals surface area contributed by atoms with Gasteiger partial charge in [-0.3, -0.25) is 4.98 Å². The SMILES string of the molecule is O=C(O)COc1cc(-c2cccnc2)nc(NCC2CC2)n1. The van der Waals surface area contributed by atoms with Crippen LogP contribution in [0.25, 0.3) is 11.3 Å². The number of nitrogens with one attached hydrogen (secondary N) is 1. The Balaban J connectivity index is 1.84. The van der Waals surface area contributed by atoms with Gasteiger partial charge in [-0.1, -0.05) is 0 Å². The molecule has 0 aliphatic heterocycles. The van der Waals surface area contributed by atoms with E-state index >= 15 is 0 Å². The van der Waals surface area contributed by atoms with Gasteiger partial charge in [-0.2, -0.15) is 4.98 Å². The predicted molar refractivity (Wildman–Crippen MR) is 79.6 cm³/mol. The van der Waals surface area contributed by atoms with Gasteiger partial charge in [0, 0.05) is 30.6 Å². The molecule has 0 radical (unpaired) electrons. The quantitative estimate of drug-likeness (QED) is 0.805. The van der Waals surface area contributed by atoms with E-state index in [9.17, 15) is 4.79 Å². The molecule has 2 aromatic heterocycles. The third kappa shape index (κ3) is 3.91. The molecule has 0 spiro atoms. The Hall–Kier alpha value is -2.70. The van der Waals surface area contributed by atoms with Crippen LogP contribution < -0.4 is 10.1 Å². The summed E-state index contributed by atoms with van der Waals surface area (Å²) in [6.07, 6.45) is 5.81. The number of aliphatic carboxylic acids is 1. The molecule has 3 rings (SSSR count). The molecular weight excluding hydrogens is 284 g/mol. The minimum Gasteiger partial charge on any atom is -0.479 e. The van der Waals surface area contributed by atoms with E-state index in [0.29, 0.717) is 17.6 Å². The van der Waals surface area contributed by atoms with Crippen molar-refractivity contribution in [2.75, 3.05) is 18.5 Å². The van der Waals surface area contributed by atoms with Gasteiger partial charge in [-0.25, -0.2) is 9.78 Å². The van der Waals surface area contributed by atoms with Crippen molar-refractivity contribution in [3.8, 4) is 17.1 Å². The summed E-state index contributed by atoms with van der Waals surface area (Å²) in [7, 11) is 0. The molecule has 7 nitrogen and oxygen atoms in total. The van der Waals surface area contributed by atoms with Crippen molar-refractivity contribution in [2.24, 2.45) is 5.92 Å². The molecule has 2 aromatic rings. The first-order valence-corrected chi connectivity index (χ1v) is 7.08. The summed E-state index contributed by atoms with van der Waals surface area (Å²) in [4.78, 5) is 23.3. The number of hydrogen-bond donors (Lipinski definition) is 2. The fraction of sp³-hybridized carbons (Fsp3) is 0.333. The van der Waals surface area contributed by atoms with Crippen molar-refractivity contribution in [1.29, 1.82) is 0 Å². The van der Waals surface area contributed by atoms with Gasteiger partial charge in [0.1, 0.15) is 0 Å². The second-order valence-electron chi connectivity index (χ2n) is 5.16. The molecule has 0 unspecified atom stereocenters. The number of aromatic nitrogens is 3. The maximum atomic E-state index is 10.6. The normalized spacial score (nSPS) is 13.6. The van der Waals surface area contributed by atoms with E-state index in [1.165, 1.54) is 12.8 Å². The fourth-order valence-corrected chi connectivity index (χ4v) is 1.93. The van der Waals surface area contributed by atoms with Crippen LogP contribution in [0.5, 0.6) is 5.88 Å². The van der Waals surface area contributed by atoms with Crippen LogP contribution >= 0.6 is 0 Å². The highest BCUT2D eigenvalue weighted by Gasteiger charge is 2.21. The number of carboxylic acid groups (broad SMARTS) is 1. The van der Waals surface area contributed by atoms with Gasteiger partial charge in [0.15, 0.2) is 6.61 Å². The monoisotopic (exact) mass is 300 g/mol. The molecule has 0 saturated heterocycles. The number of carboxylic acids is 1. The van der Waals surface area contributed by atoms with Gasteiger partial charge >= 0.3 is 5.97 Å². The standard InChI is InChI=1S/C15H16N4O3/c20-14(21)9-22-13-6-12(11-2-1-5-16-8-11)18-15(19-13)17-7-10-3-4-10/h1-2,5-6,8,10H,3-4,7,9H2,(H,20,21)(H,17,18,19). The van der Waals surface area contributed by atoms with Crippen molar-refractivity contribution in [3.05, 3.63) is 30.6 Å². The van der Waals surface area contributed by atoms with Gasteiger partial charge < -0.3 is 15.2 Å². The van der Waals surface area contributed by atoms with Gasteiger partial charge in [0.05, 0.1) is 5.69 Å². The minimum absolute atomic E-state index is 0.231. The van der Waals surface area contributed by atoms with Crippen LogP contribution in [0.2, 0.25) is 0 Å². The number of nitrogens with zero attached hydrogens (tertiary/aromatic N) is 3. The van der Waals surface area contributed by atoms with Crippen molar-refractivity contribution in [1.82, 2.24) is 15.0 Å². The van der Waals surface area contributed by atoms with Crippen molar-refractivity contribution < 1.29 is 14.6 Å². The summed E-state index contributed by atoms with van der Waals surface area (Å²) in [5.74, 6) is 0.297. The Morgan fingerprint density at radius 1 is 1.41 bits per heavy atom. The molecule has 0 aromatic carbocycles. The maximum Gasteiger partial charge on any atom is 0.341 e. The van der Waals surface area contributed by atoms with Crippen LogP contribution in [0.4, 0.5) is 5.95 Å². The topological polar surface area (TPSA) is 97.2 Å². The third-order valence-electron chi connectivity index (χ3n) is 3.25. The maximum absolute atomic E-state index is 10.6. The van der Waals surface area contributed by atoms with Crippen LogP contribution in [-0.2, 0) is 4.79 Å². The van der Waals surface area contributed by atoms with E-state index in [0.717, 1.165) is 12.1 Å². The molecule has 1 aliphatic rings. The summed E-state index contributed by atoms with van der Waals surface area (Å²) < 4.78 is 5.18. The Bertz CT molecular complexity index is 659. The highest BCUT2D eigenvalue weighted by atomic mass is 16.5. The van der Waals surface area contributed by atoms with Crippen LogP contribution in [0, 0.1) is 5.92 Å². The smallest absolute Gasteiger partial charge is 0.341 e. The van der Waals surface area contributed by atoms with Crippen LogP contribution in [-0.4, -0.2) is 39.2 Å². The second kappa shape index (κ2) is 6.38. The average Bonchev–Trinajstić information content (AvgIpc) is 3.36. The number of pyridine rings is 1. The fourth-order valence-electron chi connectivity index (χ4n) is 1.93. The van der Waals surface area contributed by atoms with E-state index in [-0.39, 0.29) is 5.88 Å². The molecule has 114 valence electrons. The molecular formula is C15H16N4O3. The molecule has 1 saturated carbocycles. The number of ether oxygens (including phenoxy) is 1. The highest BCUT2D eigenvalue weighted by Crippen LogP contribution is 2.29. The zero-order valence-corrected chi connectivity index (χ0v) is 11.9. The molecule has 2 heterocycles. The van der Waals surface area contributed by atoms with Crippen molar-refractivity contribution in [3.63, 3.8) is 0 Å². The summed E-state index contributed by atoms with van der Waals surface area (Å²) in [6.45, 7) is 0.375. The predicted octanol–water partition coefficient (Wildman–Crippen LogP) is 1.82. The lowest BCUT2D eigenvalue weighted by Crippen LogP contribution is -2.12. The number of hydrogen-bond acceptors (Lipinski definition) is 6. The van der Waals surface area contributed by atoms with E-state index < -0.39 is 12.6 Å². The Labute approximate surface area is 127 Å². The highest BCUT2D eigenvalue weighted by molar-refractivity contribution is 5.68. The van der Waals surface area contributed by atoms with E-state index in [1.54, 1.807) is 18.5 Å². The number of rotatable bonds is 7. The van der Waals surface area contributed by atoms with E-state index in [1.807, 2.05) is 12.1 Å². The summed E-state index contributed by atoms with van der Waals surface area (Å²) in [6, 6.07) is 5.30. The Kier molecular flexibility index (Phi) is 4.13. The minimum atomic E-state index is -1.05. The largest absolute Gasteiger partial charge is 0.479 e. The number of anilines is 1. The first-order valence-electron chi connectivity index (χ1n) is 7.08. The lowest BCUT2D eigenvalue weighted by atomic mass is 10.2. The van der Waals surface area contributed by atoms with Crippen molar-refractivity contribution in [2.45, 2.75) is 12.8 Å². The molecule has 2 N–H and O–H groups in total. The molecule has 22 heavy (non-hydrogen) atoms. The van der Waals surface area contributed by atoms with E-state index in [4.69, 9.17) is 9.84 Å². The summed E-state index contributed by atoms with van der Waals surface area (Å²) >= 11 is 0. The van der Waals surface area contributed by atoms with Gasteiger partial charge in [0.2, 0.25) is 11.8 Å². The Morgan fingerprint density at radius 3 is 2.95 bits per heavy atom. The average molecular weight is 300 g/mol. The van der Waals surface area contributed by atoms with E-state index in [2.05, 4.69) is 20.3 Å². The molecule has 1 fully saturated rings.